The van der Waals surface area contributed by atoms with Gasteiger partial charge >= 0.3 is 0 Å². The molecule has 2 aliphatic heterocycles. The van der Waals surface area contributed by atoms with Gasteiger partial charge in [-0.05, 0) is 38.0 Å². The number of ketones is 2. The Morgan fingerprint density at radius 3 is 2.40 bits per heavy atom. The van der Waals surface area contributed by atoms with Gasteiger partial charge in [-0.1, -0.05) is 30.7 Å². The molecule has 0 saturated carbocycles. The Labute approximate surface area is 234 Å². The average Bonchev–Trinajstić information content (AvgIpc) is 3.43. The number of nitrogens with one attached hydrogen (secondary N) is 2. The normalized spacial score (nSPS) is 23.1. The number of aromatic nitrogens is 2. The van der Waals surface area contributed by atoms with Crippen molar-refractivity contribution in [3.8, 4) is 23.0 Å². The number of carbonyl (C=O) groups is 2. The number of fused-ring (bicyclic) bond motifs is 2. The molecule has 10 nitrogen and oxygen atoms in total. The number of H-pyrrole nitrogens is 1. The van der Waals surface area contributed by atoms with Crippen LogP contribution in [0.2, 0.25) is 5.02 Å². The molecule has 1 aliphatic carbocycles. The quantitative estimate of drug-likeness (QED) is 0.392. The monoisotopic (exact) mass is 565 g/mol. The van der Waals surface area contributed by atoms with E-state index in [-0.39, 0.29) is 57.2 Å². The number of phenols is 1. The molecule has 0 bridgehead atoms. The standard InChI is InChI=1S/C29H28ClN3O7/c1-12(2)33-27-22(28(37)32-33)19(14-6-8-15(34)9-7-14)20-16(31-27)10-13(3)29(25(20)35)26(36)21-17(38-4)11-18(39-5)23(30)24(21)40-29/h6-9,11-13,19,31,34H,10H2,1-5H3,(H,32,37)/t13-,19?,29+/m1/s1. The maximum atomic E-state index is 14.7. The van der Waals surface area contributed by atoms with Gasteiger partial charge in [-0.25, -0.2) is 0 Å². The third-order valence-electron chi connectivity index (χ3n) is 8.08. The topological polar surface area (TPSA) is 132 Å². The maximum Gasteiger partial charge on any atom is 0.270 e. The Bertz CT molecular complexity index is 1680. The molecule has 1 unspecified atom stereocenters. The largest absolute Gasteiger partial charge is 0.508 e. The molecule has 6 rings (SSSR count). The van der Waals surface area contributed by atoms with Crippen LogP contribution < -0.4 is 25.1 Å². The lowest BCUT2D eigenvalue weighted by atomic mass is 9.66. The Hall–Kier alpha value is -4.18. The highest BCUT2D eigenvalue weighted by Crippen LogP contribution is 2.56. The van der Waals surface area contributed by atoms with E-state index in [1.54, 1.807) is 23.7 Å². The molecule has 0 radical (unpaired) electrons. The first-order valence-corrected chi connectivity index (χ1v) is 13.3. The van der Waals surface area contributed by atoms with E-state index >= 15 is 0 Å². The highest BCUT2D eigenvalue weighted by molar-refractivity contribution is 6.36. The molecule has 40 heavy (non-hydrogen) atoms. The number of ether oxygens (including phenoxy) is 3. The second-order valence-corrected chi connectivity index (χ2v) is 11.0. The van der Waals surface area contributed by atoms with Gasteiger partial charge in [0.05, 0.1) is 19.8 Å². The summed E-state index contributed by atoms with van der Waals surface area (Å²) in [5.74, 6) is -1.48. The lowest BCUT2D eigenvalue weighted by molar-refractivity contribution is -0.130. The summed E-state index contributed by atoms with van der Waals surface area (Å²) >= 11 is 6.58. The predicted molar refractivity (Wildman–Crippen MR) is 147 cm³/mol. The van der Waals surface area contributed by atoms with Crippen LogP contribution in [0.15, 0.2) is 46.4 Å². The van der Waals surface area contributed by atoms with Gasteiger partial charge in [0.25, 0.3) is 5.56 Å². The third-order valence-corrected chi connectivity index (χ3v) is 8.44. The molecule has 3 atom stereocenters. The highest BCUT2D eigenvalue weighted by atomic mass is 35.5. The van der Waals surface area contributed by atoms with Crippen molar-refractivity contribution in [2.45, 2.75) is 44.8 Å². The van der Waals surface area contributed by atoms with Gasteiger partial charge in [0.15, 0.2) is 5.75 Å². The molecule has 3 N–H and O–H groups in total. The molecular formula is C29H28ClN3O7. The van der Waals surface area contributed by atoms with E-state index < -0.39 is 29.0 Å². The van der Waals surface area contributed by atoms with Gasteiger partial charge in [-0.15, -0.1) is 0 Å². The molecular weight excluding hydrogens is 538 g/mol. The van der Waals surface area contributed by atoms with Gasteiger partial charge in [-0.3, -0.25) is 24.2 Å². The van der Waals surface area contributed by atoms with Gasteiger partial charge in [0, 0.05) is 35.2 Å². The zero-order valence-electron chi connectivity index (χ0n) is 22.5. The number of anilines is 1. The number of hydrogen-bond donors (Lipinski definition) is 3. The van der Waals surface area contributed by atoms with E-state index in [0.717, 1.165) is 0 Å². The van der Waals surface area contributed by atoms with Crippen LogP contribution >= 0.6 is 11.6 Å². The number of allylic oxidation sites excluding steroid dienone is 1. The number of carbonyl (C=O) groups excluding carboxylic acids is 2. The molecule has 0 amide bonds. The number of nitrogens with zero attached hydrogens (tertiary/aromatic N) is 1. The Kier molecular flexibility index (Phi) is 5.81. The summed E-state index contributed by atoms with van der Waals surface area (Å²) in [6, 6.07) is 7.75. The molecule has 3 aliphatic rings. The first-order chi connectivity index (χ1) is 19.0. The van der Waals surface area contributed by atoms with Crippen molar-refractivity contribution in [2.24, 2.45) is 5.92 Å². The molecule has 3 heterocycles. The lowest BCUT2D eigenvalue weighted by Gasteiger charge is -2.42. The van der Waals surface area contributed by atoms with E-state index in [2.05, 4.69) is 10.4 Å². The van der Waals surface area contributed by atoms with Crippen molar-refractivity contribution in [1.82, 2.24) is 9.78 Å². The number of benzene rings is 2. The van der Waals surface area contributed by atoms with Crippen LogP contribution in [-0.2, 0) is 4.79 Å². The number of aromatic amines is 1. The molecule has 3 aromatic rings. The summed E-state index contributed by atoms with van der Waals surface area (Å²) in [4.78, 5) is 42.3. The minimum Gasteiger partial charge on any atom is -0.508 e. The van der Waals surface area contributed by atoms with Crippen LogP contribution in [0.5, 0.6) is 23.0 Å². The van der Waals surface area contributed by atoms with Crippen LogP contribution in [-0.4, -0.2) is 46.3 Å². The van der Waals surface area contributed by atoms with E-state index in [1.165, 1.54) is 32.4 Å². The van der Waals surface area contributed by atoms with Crippen LogP contribution in [0.4, 0.5) is 5.82 Å². The van der Waals surface area contributed by atoms with Crippen molar-refractivity contribution >= 4 is 29.0 Å². The number of methoxy groups -OCH3 is 2. The van der Waals surface area contributed by atoms with E-state index in [4.69, 9.17) is 25.8 Å². The molecule has 0 fully saturated rings. The van der Waals surface area contributed by atoms with E-state index in [0.29, 0.717) is 22.6 Å². The number of halogens is 1. The molecule has 2 aromatic carbocycles. The molecule has 208 valence electrons. The number of rotatable bonds is 4. The second-order valence-electron chi connectivity index (χ2n) is 10.6. The number of hydrogen-bond acceptors (Lipinski definition) is 8. The van der Waals surface area contributed by atoms with Crippen LogP contribution in [0.1, 0.15) is 60.6 Å². The maximum absolute atomic E-state index is 14.7. The number of Topliss-reactive ketones (excluding diaryl/α,β-unsaturated/α-hetero) is 2. The van der Waals surface area contributed by atoms with Crippen molar-refractivity contribution < 1.29 is 28.9 Å². The van der Waals surface area contributed by atoms with Gasteiger partial charge in [0.1, 0.15) is 33.7 Å². The zero-order valence-corrected chi connectivity index (χ0v) is 23.3. The smallest absolute Gasteiger partial charge is 0.270 e. The lowest BCUT2D eigenvalue weighted by Crippen LogP contribution is -2.58. The van der Waals surface area contributed by atoms with Crippen LogP contribution in [0.25, 0.3) is 0 Å². The minimum absolute atomic E-state index is 0.0292. The van der Waals surface area contributed by atoms with Crippen molar-refractivity contribution in [3.63, 3.8) is 0 Å². The molecule has 0 saturated heterocycles. The molecule has 1 spiro atoms. The van der Waals surface area contributed by atoms with Crippen molar-refractivity contribution in [1.29, 1.82) is 0 Å². The summed E-state index contributed by atoms with van der Waals surface area (Å²) in [6.07, 6.45) is 0.281. The van der Waals surface area contributed by atoms with E-state index in [1.807, 2.05) is 13.8 Å². The Morgan fingerprint density at radius 2 is 1.77 bits per heavy atom. The highest BCUT2D eigenvalue weighted by Gasteiger charge is 2.63. The summed E-state index contributed by atoms with van der Waals surface area (Å²) in [5.41, 5.74) is -0.400. The first-order valence-electron chi connectivity index (χ1n) is 12.9. The predicted octanol–water partition coefficient (Wildman–Crippen LogP) is 4.57. The van der Waals surface area contributed by atoms with Crippen molar-refractivity contribution in [3.05, 3.63) is 73.7 Å². The second kappa shape index (κ2) is 8.92. The molecule has 11 heteroatoms. The summed E-state index contributed by atoms with van der Waals surface area (Å²) < 4.78 is 18.9. The minimum atomic E-state index is -1.92. The Morgan fingerprint density at radius 1 is 1.10 bits per heavy atom. The van der Waals surface area contributed by atoms with Crippen molar-refractivity contribution in [2.75, 3.05) is 19.5 Å². The SMILES string of the molecule is COc1cc(OC)c2c(c1Cl)O[C@@]1(C(=O)C3=C(C[C@H]1C)Nc1c(c(=O)[nH]n1C(C)C)C3c1ccc(O)cc1)C2=O. The third kappa shape index (κ3) is 3.32. The van der Waals surface area contributed by atoms with Gasteiger partial charge in [0.2, 0.25) is 17.2 Å². The number of phenolic OH excluding ortho intramolecular Hbond substituents is 1. The fourth-order valence-electron chi connectivity index (χ4n) is 6.15. The van der Waals surface area contributed by atoms with Gasteiger partial charge < -0.3 is 24.6 Å². The first kappa shape index (κ1) is 26.1. The summed E-state index contributed by atoms with van der Waals surface area (Å²) in [7, 11) is 2.84. The van der Waals surface area contributed by atoms with E-state index in [9.17, 15) is 19.5 Å². The van der Waals surface area contributed by atoms with Crippen LogP contribution in [0, 0.1) is 5.92 Å². The summed E-state index contributed by atoms with van der Waals surface area (Å²) in [5, 5.41) is 16.2. The van der Waals surface area contributed by atoms with Crippen LogP contribution in [0.3, 0.4) is 0 Å². The Balaban J connectivity index is 1.58. The van der Waals surface area contributed by atoms with Gasteiger partial charge in [-0.2, -0.15) is 0 Å². The number of aromatic hydroxyl groups is 1. The summed E-state index contributed by atoms with van der Waals surface area (Å²) in [6.45, 7) is 5.66. The fourth-order valence-corrected chi connectivity index (χ4v) is 6.42. The molecule has 1 aromatic heterocycles. The fraction of sp³-hybridized carbons (Fsp3) is 0.345. The zero-order chi connectivity index (χ0) is 28.7. The average molecular weight is 566 g/mol.